The monoisotopic (exact) mass is 367 g/mol. The summed E-state index contributed by atoms with van der Waals surface area (Å²) in [4.78, 5) is 24.5. The van der Waals surface area contributed by atoms with Crippen molar-refractivity contribution in [3.05, 3.63) is 16.4 Å². The minimum absolute atomic E-state index is 0.0103. The molecule has 7 nitrogen and oxygen atoms in total. The number of nitrogens with zero attached hydrogens (tertiary/aromatic N) is 2. The molecule has 1 aromatic heterocycles. The molecule has 2 atom stereocenters. The number of hydrogen-bond acceptors (Lipinski definition) is 5. The summed E-state index contributed by atoms with van der Waals surface area (Å²) in [6.45, 7) is 8.44. The number of carbonyl (C=O) groups is 1. The molecule has 1 saturated carbocycles. The number of aromatic nitrogens is 2. The van der Waals surface area contributed by atoms with Gasteiger partial charge in [-0.1, -0.05) is 47.0 Å². The lowest BCUT2D eigenvalue weighted by Crippen LogP contribution is -2.43. The molecule has 1 aromatic rings. The Labute approximate surface area is 155 Å². The smallest absolute Gasteiger partial charge is 0.389 e. The summed E-state index contributed by atoms with van der Waals surface area (Å²) in [5.41, 5.74) is 0. The third kappa shape index (κ3) is 5.69. The number of aliphatic hydroxyl groups excluding tert-OH is 1. The average Bonchev–Trinajstić information content (AvgIpc) is 2.94. The maximum atomic E-state index is 12.6. The fourth-order valence-electron chi connectivity index (χ4n) is 3.52. The molecule has 0 spiro atoms. The molecule has 2 rings (SSSR count). The van der Waals surface area contributed by atoms with Gasteiger partial charge in [-0.15, -0.1) is 5.10 Å². The van der Waals surface area contributed by atoms with Gasteiger partial charge in [-0.2, -0.15) is 4.68 Å². The van der Waals surface area contributed by atoms with Crippen LogP contribution in [0.25, 0.3) is 0 Å². The fourth-order valence-corrected chi connectivity index (χ4v) is 3.52. The van der Waals surface area contributed by atoms with E-state index >= 15 is 0 Å². The molecule has 2 N–H and O–H groups in total. The Balaban J connectivity index is 2.12. The number of hydrogen-bond donors (Lipinski definition) is 2. The summed E-state index contributed by atoms with van der Waals surface area (Å²) in [5, 5.41) is 17.8. The van der Waals surface area contributed by atoms with E-state index in [0.29, 0.717) is 13.0 Å². The van der Waals surface area contributed by atoms with Gasteiger partial charge < -0.3 is 14.8 Å². The van der Waals surface area contributed by atoms with Crippen LogP contribution in [-0.2, 0) is 11.3 Å². The van der Waals surface area contributed by atoms with Crippen molar-refractivity contribution in [1.82, 2.24) is 15.1 Å². The number of rotatable bonds is 8. The summed E-state index contributed by atoms with van der Waals surface area (Å²) in [6.07, 6.45) is 4.57. The highest BCUT2D eigenvalue weighted by molar-refractivity contribution is 5.79. The van der Waals surface area contributed by atoms with Gasteiger partial charge in [-0.3, -0.25) is 4.79 Å². The lowest BCUT2D eigenvalue weighted by molar-refractivity contribution is -0.127. The molecule has 0 saturated heterocycles. The fraction of sp³-hybridized carbons (Fsp3) is 0.842. The van der Waals surface area contributed by atoms with Crippen molar-refractivity contribution in [2.24, 2.45) is 17.8 Å². The van der Waals surface area contributed by atoms with E-state index in [-0.39, 0.29) is 29.6 Å². The lowest BCUT2D eigenvalue weighted by atomic mass is 9.88. The third-order valence-corrected chi connectivity index (χ3v) is 4.82. The van der Waals surface area contributed by atoms with Crippen LogP contribution in [0.2, 0.25) is 0 Å². The normalized spacial score (nSPS) is 18.3. The van der Waals surface area contributed by atoms with E-state index in [9.17, 15) is 14.7 Å². The Kier molecular flexibility index (Phi) is 7.43. The Bertz CT molecular complexity index is 629. The maximum absolute atomic E-state index is 12.6. The molecule has 148 valence electrons. The first-order valence-electron chi connectivity index (χ1n) is 9.84. The van der Waals surface area contributed by atoms with Gasteiger partial charge in [0.25, 0.3) is 0 Å². The molecule has 7 heteroatoms. The second-order valence-corrected chi connectivity index (χ2v) is 8.31. The summed E-state index contributed by atoms with van der Waals surface area (Å²) < 4.78 is 6.40. The molecular formula is C19H33N3O4. The molecule has 1 heterocycles. The van der Waals surface area contributed by atoms with E-state index in [1.807, 2.05) is 27.7 Å². The molecule has 0 aliphatic heterocycles. The van der Waals surface area contributed by atoms with Crippen molar-refractivity contribution in [2.75, 3.05) is 0 Å². The van der Waals surface area contributed by atoms with E-state index in [4.69, 9.17) is 4.42 Å². The highest BCUT2D eigenvalue weighted by atomic mass is 16.4. The second-order valence-electron chi connectivity index (χ2n) is 8.31. The molecule has 26 heavy (non-hydrogen) atoms. The van der Waals surface area contributed by atoms with Crippen molar-refractivity contribution < 1.29 is 14.3 Å². The van der Waals surface area contributed by atoms with Crippen molar-refractivity contribution in [3.8, 4) is 0 Å². The van der Waals surface area contributed by atoms with Crippen LogP contribution in [0.1, 0.15) is 78.2 Å². The van der Waals surface area contributed by atoms with Crippen LogP contribution in [0.15, 0.2) is 9.21 Å². The molecule has 1 aliphatic carbocycles. The molecule has 1 aliphatic rings. The largest absolute Gasteiger partial charge is 0.437 e. The van der Waals surface area contributed by atoms with E-state index in [1.54, 1.807) is 0 Å². The second kappa shape index (κ2) is 9.35. The van der Waals surface area contributed by atoms with E-state index in [0.717, 1.165) is 25.7 Å². The minimum Gasteiger partial charge on any atom is -0.389 e. The van der Waals surface area contributed by atoms with Gasteiger partial charge >= 0.3 is 5.76 Å². The first-order chi connectivity index (χ1) is 12.3. The Morgan fingerprint density at radius 3 is 2.46 bits per heavy atom. The lowest BCUT2D eigenvalue weighted by Gasteiger charge is -2.27. The van der Waals surface area contributed by atoms with Gasteiger partial charge in [0.2, 0.25) is 11.8 Å². The van der Waals surface area contributed by atoms with Gasteiger partial charge in [0, 0.05) is 5.92 Å². The van der Waals surface area contributed by atoms with Crippen LogP contribution in [0, 0.1) is 17.8 Å². The zero-order valence-corrected chi connectivity index (χ0v) is 16.4. The van der Waals surface area contributed by atoms with Crippen LogP contribution in [0.5, 0.6) is 0 Å². The van der Waals surface area contributed by atoms with Gasteiger partial charge in [0.05, 0.1) is 12.6 Å². The quantitative estimate of drug-likeness (QED) is 0.736. The third-order valence-electron chi connectivity index (χ3n) is 4.82. The molecule has 1 amide bonds. The number of nitrogens with one attached hydrogen (secondary N) is 1. The Hall–Kier alpha value is -1.63. The van der Waals surface area contributed by atoms with Gasteiger partial charge in [0.15, 0.2) is 6.10 Å². The number of amides is 1. The minimum atomic E-state index is -1.13. The predicted octanol–water partition coefficient (Wildman–Crippen LogP) is 2.64. The first-order valence-corrected chi connectivity index (χ1v) is 9.84. The van der Waals surface area contributed by atoms with E-state index in [1.165, 1.54) is 11.1 Å². The van der Waals surface area contributed by atoms with Crippen LogP contribution < -0.4 is 11.1 Å². The topological polar surface area (TPSA) is 97.4 Å². The summed E-state index contributed by atoms with van der Waals surface area (Å²) in [5.74, 6) is -0.0968. The van der Waals surface area contributed by atoms with E-state index < -0.39 is 17.9 Å². The first kappa shape index (κ1) is 20.7. The van der Waals surface area contributed by atoms with Crippen LogP contribution in [0.4, 0.5) is 0 Å². The predicted molar refractivity (Wildman–Crippen MR) is 98.5 cm³/mol. The highest BCUT2D eigenvalue weighted by Crippen LogP contribution is 2.25. The van der Waals surface area contributed by atoms with Crippen molar-refractivity contribution in [3.63, 3.8) is 0 Å². The molecule has 0 radical (unpaired) electrons. The summed E-state index contributed by atoms with van der Waals surface area (Å²) >= 11 is 0. The summed E-state index contributed by atoms with van der Waals surface area (Å²) in [6, 6.07) is -0.519. The maximum Gasteiger partial charge on any atom is 0.437 e. The van der Waals surface area contributed by atoms with Crippen LogP contribution in [-0.4, -0.2) is 26.8 Å². The zero-order chi connectivity index (χ0) is 19.3. The van der Waals surface area contributed by atoms with Crippen molar-refractivity contribution in [1.29, 1.82) is 0 Å². The number of carbonyl (C=O) groups excluding carboxylic acids is 1. The van der Waals surface area contributed by atoms with E-state index in [2.05, 4.69) is 10.4 Å². The Morgan fingerprint density at radius 1 is 1.23 bits per heavy atom. The van der Waals surface area contributed by atoms with Gasteiger partial charge in [0.1, 0.15) is 0 Å². The van der Waals surface area contributed by atoms with Gasteiger partial charge in [-0.25, -0.2) is 4.79 Å². The van der Waals surface area contributed by atoms with Crippen LogP contribution in [0.3, 0.4) is 0 Å². The van der Waals surface area contributed by atoms with Gasteiger partial charge in [-0.05, 0) is 31.1 Å². The van der Waals surface area contributed by atoms with Crippen molar-refractivity contribution >= 4 is 5.91 Å². The highest BCUT2D eigenvalue weighted by Gasteiger charge is 2.31. The molecular weight excluding hydrogens is 334 g/mol. The standard InChI is InChI=1S/C19H33N3O4/c1-12(2)10-15(20-17(24)14-8-6-5-7-9-14)16(23)18-21-22(11-13(3)4)19(25)26-18/h12-16,23H,5-11H2,1-4H3,(H,20,24). The van der Waals surface area contributed by atoms with Crippen LogP contribution >= 0.6 is 0 Å². The zero-order valence-electron chi connectivity index (χ0n) is 16.4. The molecule has 0 aromatic carbocycles. The molecule has 2 unspecified atom stereocenters. The molecule has 1 fully saturated rings. The van der Waals surface area contributed by atoms with Crippen molar-refractivity contribution in [2.45, 2.75) is 84.9 Å². The summed E-state index contributed by atoms with van der Waals surface area (Å²) in [7, 11) is 0. The average molecular weight is 367 g/mol. The number of aliphatic hydroxyl groups is 1. The molecule has 0 bridgehead atoms. The Morgan fingerprint density at radius 2 is 1.88 bits per heavy atom. The SMILES string of the molecule is CC(C)CC(NC(=O)C1CCCCC1)C(O)c1nn(CC(C)C)c(=O)o1.